The molecule has 3 rings (SSSR count). The third kappa shape index (κ3) is 2.47. The molecule has 0 spiro atoms. The van der Waals surface area contributed by atoms with E-state index in [0.717, 1.165) is 36.8 Å². The SMILES string of the molecule is C=CC1=C2CCCCC2N(S(=O)(=O)c2ccc(C)cc2)C1. The van der Waals surface area contributed by atoms with Crippen LogP contribution in [0, 0.1) is 6.92 Å². The normalized spacial score (nSPS) is 23.2. The Balaban J connectivity index is 1.97. The van der Waals surface area contributed by atoms with Crippen LogP contribution in [-0.4, -0.2) is 25.3 Å². The van der Waals surface area contributed by atoms with Crippen LogP contribution in [0.15, 0.2) is 53.0 Å². The Bertz CT molecular complexity index is 686. The van der Waals surface area contributed by atoms with Crippen LogP contribution in [0.5, 0.6) is 0 Å². The highest BCUT2D eigenvalue weighted by atomic mass is 32.2. The molecule has 0 amide bonds. The second kappa shape index (κ2) is 5.43. The van der Waals surface area contributed by atoms with Crippen LogP contribution in [0.2, 0.25) is 0 Å². The van der Waals surface area contributed by atoms with E-state index < -0.39 is 10.0 Å². The molecule has 4 heteroatoms. The molecule has 0 saturated heterocycles. The van der Waals surface area contributed by atoms with E-state index in [1.807, 2.05) is 25.1 Å². The predicted molar refractivity (Wildman–Crippen MR) is 84.5 cm³/mol. The van der Waals surface area contributed by atoms with Gasteiger partial charge in [-0.1, -0.05) is 36.8 Å². The van der Waals surface area contributed by atoms with Crippen molar-refractivity contribution in [2.24, 2.45) is 0 Å². The fourth-order valence-electron chi connectivity index (χ4n) is 3.36. The van der Waals surface area contributed by atoms with Gasteiger partial charge < -0.3 is 0 Å². The van der Waals surface area contributed by atoms with E-state index in [0.29, 0.717) is 11.4 Å². The number of aryl methyl sites for hydroxylation is 1. The van der Waals surface area contributed by atoms with Gasteiger partial charge in [0.15, 0.2) is 0 Å². The summed E-state index contributed by atoms with van der Waals surface area (Å²) in [5.41, 5.74) is 3.46. The maximum absolute atomic E-state index is 12.9. The van der Waals surface area contributed by atoms with Crippen LogP contribution >= 0.6 is 0 Å². The molecule has 1 fully saturated rings. The lowest BCUT2D eigenvalue weighted by atomic mass is 9.89. The highest BCUT2D eigenvalue weighted by Gasteiger charge is 2.40. The van der Waals surface area contributed by atoms with Crippen LogP contribution in [-0.2, 0) is 10.0 Å². The zero-order valence-corrected chi connectivity index (χ0v) is 13.2. The van der Waals surface area contributed by atoms with Gasteiger partial charge in [-0.15, -0.1) is 0 Å². The molecule has 112 valence electrons. The molecular weight excluding hydrogens is 282 g/mol. The van der Waals surface area contributed by atoms with Gasteiger partial charge in [-0.3, -0.25) is 0 Å². The molecule has 0 aromatic heterocycles. The first-order valence-electron chi connectivity index (χ1n) is 7.47. The van der Waals surface area contributed by atoms with Crippen molar-refractivity contribution in [3.63, 3.8) is 0 Å². The monoisotopic (exact) mass is 303 g/mol. The summed E-state index contributed by atoms with van der Waals surface area (Å²) >= 11 is 0. The molecule has 0 radical (unpaired) electrons. The average Bonchev–Trinajstić information content (AvgIpc) is 2.87. The van der Waals surface area contributed by atoms with Crippen molar-refractivity contribution < 1.29 is 8.42 Å². The molecule has 1 aliphatic heterocycles. The van der Waals surface area contributed by atoms with Crippen molar-refractivity contribution in [1.82, 2.24) is 4.31 Å². The van der Waals surface area contributed by atoms with E-state index in [4.69, 9.17) is 0 Å². The number of sulfonamides is 1. The first kappa shape index (κ1) is 14.5. The highest BCUT2D eigenvalue weighted by Crippen LogP contribution is 2.39. The summed E-state index contributed by atoms with van der Waals surface area (Å²) in [7, 11) is -3.42. The van der Waals surface area contributed by atoms with Gasteiger partial charge in [-0.05, 0) is 49.5 Å². The smallest absolute Gasteiger partial charge is 0.207 e. The molecule has 1 heterocycles. The van der Waals surface area contributed by atoms with Crippen LogP contribution in [0.1, 0.15) is 31.2 Å². The van der Waals surface area contributed by atoms with E-state index in [1.54, 1.807) is 16.4 Å². The van der Waals surface area contributed by atoms with Crippen molar-refractivity contribution in [3.05, 3.63) is 53.6 Å². The van der Waals surface area contributed by atoms with E-state index in [9.17, 15) is 8.42 Å². The predicted octanol–water partition coefficient (Wildman–Crippen LogP) is 3.42. The fraction of sp³-hybridized carbons (Fsp3) is 0.412. The van der Waals surface area contributed by atoms with Gasteiger partial charge in [0, 0.05) is 12.6 Å². The van der Waals surface area contributed by atoms with E-state index in [1.165, 1.54) is 5.57 Å². The second-order valence-electron chi connectivity index (χ2n) is 5.88. The number of fused-ring (bicyclic) bond motifs is 1. The van der Waals surface area contributed by atoms with Crippen molar-refractivity contribution in [3.8, 4) is 0 Å². The van der Waals surface area contributed by atoms with Crippen LogP contribution in [0.4, 0.5) is 0 Å². The molecule has 1 aromatic carbocycles. The summed E-state index contributed by atoms with van der Waals surface area (Å²) in [5, 5.41) is 0. The number of hydrogen-bond acceptors (Lipinski definition) is 2. The van der Waals surface area contributed by atoms with Crippen molar-refractivity contribution in [1.29, 1.82) is 0 Å². The topological polar surface area (TPSA) is 37.4 Å². The Morgan fingerprint density at radius 3 is 2.62 bits per heavy atom. The number of hydrogen-bond donors (Lipinski definition) is 0. The third-order valence-corrected chi connectivity index (χ3v) is 6.41. The molecule has 0 N–H and O–H groups in total. The van der Waals surface area contributed by atoms with Gasteiger partial charge >= 0.3 is 0 Å². The minimum absolute atomic E-state index is 0.0399. The van der Waals surface area contributed by atoms with Gasteiger partial charge in [0.2, 0.25) is 10.0 Å². The molecular formula is C17H21NO2S. The Labute approximate surface area is 127 Å². The Hall–Kier alpha value is -1.39. The maximum Gasteiger partial charge on any atom is 0.243 e. The van der Waals surface area contributed by atoms with Gasteiger partial charge in [-0.2, -0.15) is 4.31 Å². The van der Waals surface area contributed by atoms with Crippen molar-refractivity contribution in [2.45, 2.75) is 43.5 Å². The summed E-state index contributed by atoms with van der Waals surface area (Å²) in [6.45, 7) is 6.29. The Morgan fingerprint density at radius 2 is 1.95 bits per heavy atom. The van der Waals surface area contributed by atoms with Crippen LogP contribution in [0.25, 0.3) is 0 Å². The molecule has 1 unspecified atom stereocenters. The molecule has 3 nitrogen and oxygen atoms in total. The van der Waals surface area contributed by atoms with Gasteiger partial charge in [0.1, 0.15) is 0 Å². The highest BCUT2D eigenvalue weighted by molar-refractivity contribution is 7.89. The zero-order valence-electron chi connectivity index (χ0n) is 12.4. The minimum Gasteiger partial charge on any atom is -0.207 e. The van der Waals surface area contributed by atoms with E-state index in [2.05, 4.69) is 6.58 Å². The molecule has 21 heavy (non-hydrogen) atoms. The van der Waals surface area contributed by atoms with Crippen molar-refractivity contribution >= 4 is 10.0 Å². The second-order valence-corrected chi connectivity index (χ2v) is 7.77. The minimum atomic E-state index is -3.42. The first-order chi connectivity index (χ1) is 10.0. The summed E-state index contributed by atoms with van der Waals surface area (Å²) in [5.74, 6) is 0. The van der Waals surface area contributed by atoms with E-state index in [-0.39, 0.29) is 6.04 Å². The number of nitrogens with zero attached hydrogens (tertiary/aromatic N) is 1. The van der Waals surface area contributed by atoms with Crippen LogP contribution in [0.3, 0.4) is 0 Å². The lowest BCUT2D eigenvalue weighted by molar-refractivity contribution is 0.351. The Morgan fingerprint density at radius 1 is 1.24 bits per heavy atom. The number of rotatable bonds is 3. The molecule has 0 bridgehead atoms. The number of benzene rings is 1. The maximum atomic E-state index is 12.9. The summed E-state index contributed by atoms with van der Waals surface area (Å²) in [4.78, 5) is 0.392. The summed E-state index contributed by atoms with van der Waals surface area (Å²) in [6, 6.07) is 7.16. The molecule has 1 aromatic rings. The lowest BCUT2D eigenvalue weighted by Crippen LogP contribution is -2.38. The Kier molecular flexibility index (Phi) is 3.76. The van der Waals surface area contributed by atoms with Gasteiger partial charge in [0.05, 0.1) is 4.90 Å². The summed E-state index contributed by atoms with van der Waals surface area (Å²) in [6.07, 6.45) is 6.02. The third-order valence-electron chi connectivity index (χ3n) is 4.54. The van der Waals surface area contributed by atoms with Crippen molar-refractivity contribution in [2.75, 3.05) is 6.54 Å². The van der Waals surface area contributed by atoms with Crippen LogP contribution < -0.4 is 0 Å². The van der Waals surface area contributed by atoms with Gasteiger partial charge in [0.25, 0.3) is 0 Å². The molecule has 1 aliphatic carbocycles. The van der Waals surface area contributed by atoms with Gasteiger partial charge in [-0.25, -0.2) is 8.42 Å². The first-order valence-corrected chi connectivity index (χ1v) is 8.91. The molecule has 1 atom stereocenters. The average molecular weight is 303 g/mol. The standard InChI is InChI=1S/C17H21NO2S/c1-3-14-12-18(17-7-5-4-6-16(14)17)21(19,20)15-10-8-13(2)9-11-15/h3,8-11,17H,1,4-7,12H2,2H3. The molecule has 2 aliphatic rings. The fourth-order valence-corrected chi connectivity index (χ4v) is 4.99. The summed E-state index contributed by atoms with van der Waals surface area (Å²) < 4.78 is 27.5. The quantitative estimate of drug-likeness (QED) is 0.858. The molecule has 1 saturated carbocycles. The lowest BCUT2D eigenvalue weighted by Gasteiger charge is -2.29. The van der Waals surface area contributed by atoms with E-state index >= 15 is 0 Å². The zero-order chi connectivity index (χ0) is 15.0. The largest absolute Gasteiger partial charge is 0.243 e.